The maximum atomic E-state index is 12.4. The molecule has 0 atom stereocenters. The predicted octanol–water partition coefficient (Wildman–Crippen LogP) is 3.24. The van der Waals surface area contributed by atoms with Gasteiger partial charge in [0.25, 0.3) is 15.9 Å². The first-order valence-corrected chi connectivity index (χ1v) is 10.3. The number of nitrogens with one attached hydrogen (secondary N) is 2. The molecule has 7 nitrogen and oxygen atoms in total. The number of hydrogen-bond acceptors (Lipinski definition) is 5. The van der Waals surface area contributed by atoms with E-state index in [9.17, 15) is 13.2 Å². The van der Waals surface area contributed by atoms with Gasteiger partial charge in [0, 0.05) is 17.7 Å². The first-order chi connectivity index (χ1) is 12.4. The zero-order valence-electron chi connectivity index (χ0n) is 14.7. The Morgan fingerprint density at radius 3 is 2.35 bits per heavy atom. The second kappa shape index (κ2) is 7.90. The Balaban J connectivity index is 1.66. The molecule has 140 valence electrons. The number of sulfonamides is 1. The maximum Gasteiger partial charge on any atom is 0.263 e. The molecule has 8 heteroatoms. The summed E-state index contributed by atoms with van der Waals surface area (Å²) in [6.07, 6.45) is 6.71. The van der Waals surface area contributed by atoms with Crippen LogP contribution in [0.5, 0.6) is 0 Å². The van der Waals surface area contributed by atoms with E-state index >= 15 is 0 Å². The summed E-state index contributed by atoms with van der Waals surface area (Å²) >= 11 is 0. The number of aryl methyl sites for hydroxylation is 1. The second-order valence-electron chi connectivity index (χ2n) is 6.61. The van der Waals surface area contributed by atoms with Gasteiger partial charge in [0.15, 0.2) is 5.82 Å². The lowest BCUT2D eigenvalue weighted by atomic mass is 10.1. The minimum atomic E-state index is -3.78. The average Bonchev–Trinajstić information content (AvgIpc) is 2.85. The van der Waals surface area contributed by atoms with E-state index in [1.54, 1.807) is 6.92 Å². The summed E-state index contributed by atoms with van der Waals surface area (Å²) in [7, 11) is -3.78. The van der Waals surface area contributed by atoms with E-state index in [-0.39, 0.29) is 22.7 Å². The molecular formula is C18H23N3O4S. The minimum Gasteiger partial charge on any atom is -0.360 e. The number of carbonyl (C=O) groups excluding carboxylic acids is 1. The largest absolute Gasteiger partial charge is 0.360 e. The summed E-state index contributed by atoms with van der Waals surface area (Å²) in [5.41, 5.74) is 0.450. The average molecular weight is 377 g/mol. The number of anilines is 1. The van der Waals surface area contributed by atoms with Crippen molar-refractivity contribution >= 4 is 21.7 Å². The Kier molecular flexibility index (Phi) is 5.61. The fourth-order valence-electron chi connectivity index (χ4n) is 3.09. The van der Waals surface area contributed by atoms with Crippen molar-refractivity contribution in [2.75, 3.05) is 4.72 Å². The van der Waals surface area contributed by atoms with Crippen molar-refractivity contribution in [3.05, 3.63) is 41.7 Å². The van der Waals surface area contributed by atoms with Crippen LogP contribution in [-0.2, 0) is 10.0 Å². The smallest absolute Gasteiger partial charge is 0.263 e. The third-order valence-corrected chi connectivity index (χ3v) is 5.85. The Morgan fingerprint density at radius 2 is 1.77 bits per heavy atom. The van der Waals surface area contributed by atoms with Crippen molar-refractivity contribution in [2.24, 2.45) is 0 Å². The Hall–Kier alpha value is -2.35. The van der Waals surface area contributed by atoms with Crippen molar-refractivity contribution in [3.63, 3.8) is 0 Å². The monoisotopic (exact) mass is 377 g/mol. The van der Waals surface area contributed by atoms with E-state index in [1.165, 1.54) is 43.2 Å². The fourth-order valence-corrected chi connectivity index (χ4v) is 4.07. The molecule has 0 saturated heterocycles. The third kappa shape index (κ3) is 4.63. The van der Waals surface area contributed by atoms with Crippen molar-refractivity contribution in [1.82, 2.24) is 10.5 Å². The Labute approximate surface area is 153 Å². The first-order valence-electron chi connectivity index (χ1n) is 8.81. The van der Waals surface area contributed by atoms with Gasteiger partial charge in [-0.15, -0.1) is 0 Å². The topological polar surface area (TPSA) is 101 Å². The number of rotatable bonds is 5. The molecule has 2 aromatic rings. The van der Waals surface area contributed by atoms with Crippen LogP contribution >= 0.6 is 0 Å². The molecule has 2 N–H and O–H groups in total. The standard InChI is InChI=1S/C18H23N3O4S/c1-13-12-17(20-25-13)21-26(23,24)16-10-8-14(9-11-16)18(22)19-15-6-4-2-3-5-7-15/h8-12,15H,2-7H2,1H3,(H,19,22)(H,20,21). The van der Waals surface area contributed by atoms with Gasteiger partial charge < -0.3 is 9.84 Å². The zero-order chi connectivity index (χ0) is 18.6. The lowest BCUT2D eigenvalue weighted by molar-refractivity contribution is 0.0933. The molecule has 0 radical (unpaired) electrons. The summed E-state index contributed by atoms with van der Waals surface area (Å²) in [5.74, 6) is 0.465. The van der Waals surface area contributed by atoms with Gasteiger partial charge in [-0.25, -0.2) is 8.42 Å². The highest BCUT2D eigenvalue weighted by Crippen LogP contribution is 2.19. The summed E-state index contributed by atoms with van der Waals surface area (Å²) in [5, 5.41) is 6.67. The molecule has 1 aromatic carbocycles. The fraction of sp³-hybridized carbons (Fsp3) is 0.444. The molecule has 1 aromatic heterocycles. The van der Waals surface area contributed by atoms with Crippen molar-refractivity contribution in [1.29, 1.82) is 0 Å². The van der Waals surface area contributed by atoms with Gasteiger partial charge >= 0.3 is 0 Å². The number of amides is 1. The van der Waals surface area contributed by atoms with E-state index in [0.29, 0.717) is 11.3 Å². The van der Waals surface area contributed by atoms with Crippen molar-refractivity contribution < 1.29 is 17.7 Å². The van der Waals surface area contributed by atoms with Gasteiger partial charge in [-0.05, 0) is 44.0 Å². The molecule has 26 heavy (non-hydrogen) atoms. The van der Waals surface area contributed by atoms with Crippen LogP contribution in [0.25, 0.3) is 0 Å². The highest BCUT2D eigenvalue weighted by Gasteiger charge is 2.19. The Morgan fingerprint density at radius 1 is 1.12 bits per heavy atom. The Bertz CT molecular complexity index is 851. The molecule has 0 spiro atoms. The van der Waals surface area contributed by atoms with Gasteiger partial charge in [0.2, 0.25) is 0 Å². The molecule has 3 rings (SSSR count). The third-order valence-electron chi connectivity index (χ3n) is 4.48. The maximum absolute atomic E-state index is 12.4. The summed E-state index contributed by atoms with van der Waals surface area (Å²) < 4.78 is 31.9. The van der Waals surface area contributed by atoms with E-state index in [0.717, 1.165) is 25.7 Å². The summed E-state index contributed by atoms with van der Waals surface area (Å²) in [4.78, 5) is 12.4. The van der Waals surface area contributed by atoms with Gasteiger partial charge in [-0.3, -0.25) is 9.52 Å². The molecule has 0 unspecified atom stereocenters. The van der Waals surface area contributed by atoms with Crippen LogP contribution in [0.1, 0.15) is 54.6 Å². The van der Waals surface area contributed by atoms with Crippen LogP contribution in [0.2, 0.25) is 0 Å². The number of aromatic nitrogens is 1. The molecule has 1 fully saturated rings. The second-order valence-corrected chi connectivity index (χ2v) is 8.30. The predicted molar refractivity (Wildman–Crippen MR) is 97.4 cm³/mol. The lowest BCUT2D eigenvalue weighted by Gasteiger charge is -2.16. The van der Waals surface area contributed by atoms with Crippen molar-refractivity contribution in [3.8, 4) is 0 Å². The van der Waals surface area contributed by atoms with Gasteiger partial charge in [-0.2, -0.15) is 0 Å². The van der Waals surface area contributed by atoms with Crippen LogP contribution in [0, 0.1) is 6.92 Å². The van der Waals surface area contributed by atoms with Crippen LogP contribution in [0.4, 0.5) is 5.82 Å². The van der Waals surface area contributed by atoms with Crippen LogP contribution in [0.3, 0.4) is 0 Å². The van der Waals surface area contributed by atoms with Gasteiger partial charge in [0.05, 0.1) is 4.90 Å². The first kappa shape index (κ1) is 18.4. The quantitative estimate of drug-likeness (QED) is 0.779. The highest BCUT2D eigenvalue weighted by molar-refractivity contribution is 7.92. The number of carbonyl (C=O) groups is 1. The van der Waals surface area contributed by atoms with E-state index in [4.69, 9.17) is 4.52 Å². The lowest BCUT2D eigenvalue weighted by Crippen LogP contribution is -2.34. The van der Waals surface area contributed by atoms with Crippen LogP contribution in [0.15, 0.2) is 39.8 Å². The highest BCUT2D eigenvalue weighted by atomic mass is 32.2. The molecule has 1 amide bonds. The molecule has 1 heterocycles. The molecule has 1 saturated carbocycles. The minimum absolute atomic E-state index is 0.0594. The van der Waals surface area contributed by atoms with E-state index < -0.39 is 10.0 Å². The van der Waals surface area contributed by atoms with E-state index in [1.807, 2.05) is 0 Å². The molecule has 1 aliphatic carbocycles. The van der Waals surface area contributed by atoms with Gasteiger partial charge in [-0.1, -0.05) is 30.8 Å². The summed E-state index contributed by atoms with van der Waals surface area (Å²) in [6.45, 7) is 1.67. The van der Waals surface area contributed by atoms with Crippen molar-refractivity contribution in [2.45, 2.75) is 56.4 Å². The zero-order valence-corrected chi connectivity index (χ0v) is 15.5. The van der Waals surface area contributed by atoms with Crippen LogP contribution in [-0.4, -0.2) is 25.5 Å². The molecule has 0 aliphatic heterocycles. The number of benzene rings is 1. The van der Waals surface area contributed by atoms with Gasteiger partial charge in [0.1, 0.15) is 5.76 Å². The normalized spacial score (nSPS) is 16.0. The molecular weight excluding hydrogens is 354 g/mol. The SMILES string of the molecule is Cc1cc(NS(=O)(=O)c2ccc(C(=O)NC3CCCCCC3)cc2)no1. The number of nitrogens with zero attached hydrogens (tertiary/aromatic N) is 1. The molecule has 1 aliphatic rings. The summed E-state index contributed by atoms with van der Waals surface area (Å²) in [6, 6.07) is 7.56. The molecule has 0 bridgehead atoms. The van der Waals surface area contributed by atoms with E-state index in [2.05, 4.69) is 15.2 Å². The number of hydrogen-bond donors (Lipinski definition) is 2. The van der Waals surface area contributed by atoms with Crippen LogP contribution < -0.4 is 10.0 Å².